The number of carbonyl (C=O) groups excluding carboxylic acids is 3. The van der Waals surface area contributed by atoms with Crippen LogP contribution in [0.3, 0.4) is 0 Å². The van der Waals surface area contributed by atoms with Crippen molar-refractivity contribution >= 4 is 39.1 Å². The topological polar surface area (TPSA) is 84.9 Å². The SMILES string of the molecule is CCOc1cc(C2C3=C(CCCC3=O)N(C)C3=C2C(=O)CCC3)cc(Br)c1OCC(=O)Nc1ccc(C)cc1C. The van der Waals surface area contributed by atoms with Gasteiger partial charge in [0, 0.05) is 54.0 Å². The molecule has 0 spiro atoms. The first kappa shape index (κ1) is 28.1. The number of aryl methyl sites for hydroxylation is 2. The van der Waals surface area contributed by atoms with Crippen molar-refractivity contribution in [2.75, 3.05) is 25.6 Å². The zero-order chi connectivity index (χ0) is 28.6. The largest absolute Gasteiger partial charge is 0.490 e. The van der Waals surface area contributed by atoms with Gasteiger partial charge in [-0.15, -0.1) is 0 Å². The van der Waals surface area contributed by atoms with E-state index in [2.05, 4.69) is 26.1 Å². The van der Waals surface area contributed by atoms with Gasteiger partial charge in [0.05, 0.1) is 11.1 Å². The molecule has 210 valence electrons. The molecule has 0 saturated heterocycles. The van der Waals surface area contributed by atoms with Crippen molar-refractivity contribution < 1.29 is 23.9 Å². The van der Waals surface area contributed by atoms with Gasteiger partial charge in [-0.25, -0.2) is 0 Å². The molecule has 2 aromatic rings. The number of rotatable bonds is 7. The fourth-order valence-corrected chi connectivity index (χ4v) is 6.70. The van der Waals surface area contributed by atoms with Crippen LogP contribution in [0.25, 0.3) is 0 Å². The molecule has 2 aliphatic carbocycles. The second kappa shape index (κ2) is 11.6. The van der Waals surface area contributed by atoms with Gasteiger partial charge in [0.2, 0.25) is 0 Å². The Morgan fingerprint density at radius 2 is 1.62 bits per heavy atom. The average Bonchev–Trinajstić information content (AvgIpc) is 2.91. The molecule has 7 nitrogen and oxygen atoms in total. The van der Waals surface area contributed by atoms with Gasteiger partial charge >= 0.3 is 0 Å². The Hall–Kier alpha value is -3.39. The monoisotopic (exact) mass is 606 g/mol. The van der Waals surface area contributed by atoms with Crippen molar-refractivity contribution in [1.82, 2.24) is 4.90 Å². The Labute approximate surface area is 243 Å². The van der Waals surface area contributed by atoms with Crippen molar-refractivity contribution in [1.29, 1.82) is 0 Å². The fourth-order valence-electron chi connectivity index (χ4n) is 6.12. The van der Waals surface area contributed by atoms with E-state index in [1.165, 1.54) is 0 Å². The maximum Gasteiger partial charge on any atom is 0.262 e. The summed E-state index contributed by atoms with van der Waals surface area (Å²) >= 11 is 3.64. The lowest BCUT2D eigenvalue weighted by molar-refractivity contribution is -0.118. The smallest absolute Gasteiger partial charge is 0.262 e. The number of hydrogen-bond donors (Lipinski definition) is 1. The van der Waals surface area contributed by atoms with Gasteiger partial charge < -0.3 is 19.7 Å². The van der Waals surface area contributed by atoms with Crippen LogP contribution in [0.5, 0.6) is 11.5 Å². The van der Waals surface area contributed by atoms with Crippen LogP contribution in [0.2, 0.25) is 0 Å². The van der Waals surface area contributed by atoms with E-state index in [4.69, 9.17) is 9.47 Å². The predicted octanol–water partition coefficient (Wildman–Crippen LogP) is 6.53. The van der Waals surface area contributed by atoms with E-state index in [9.17, 15) is 14.4 Å². The minimum absolute atomic E-state index is 0.0977. The van der Waals surface area contributed by atoms with Gasteiger partial charge in [-0.3, -0.25) is 14.4 Å². The molecule has 40 heavy (non-hydrogen) atoms. The highest BCUT2D eigenvalue weighted by atomic mass is 79.9. The molecule has 0 saturated carbocycles. The van der Waals surface area contributed by atoms with Gasteiger partial charge in [0.1, 0.15) is 0 Å². The van der Waals surface area contributed by atoms with E-state index < -0.39 is 5.92 Å². The zero-order valence-corrected chi connectivity index (χ0v) is 25.1. The Kier molecular flexibility index (Phi) is 8.17. The number of anilines is 1. The molecule has 0 aromatic heterocycles. The molecule has 0 atom stereocenters. The fraction of sp³-hybridized carbons (Fsp3) is 0.406. The normalized spacial score (nSPS) is 17.6. The first-order chi connectivity index (χ1) is 19.2. The molecule has 2 aromatic carbocycles. The minimum Gasteiger partial charge on any atom is -0.490 e. The lowest BCUT2D eigenvalue weighted by Crippen LogP contribution is -2.37. The third kappa shape index (κ3) is 5.33. The predicted molar refractivity (Wildman–Crippen MR) is 158 cm³/mol. The Morgan fingerprint density at radius 1 is 0.975 bits per heavy atom. The second-order valence-electron chi connectivity index (χ2n) is 10.7. The summed E-state index contributed by atoms with van der Waals surface area (Å²) in [5.41, 5.74) is 7.13. The third-order valence-electron chi connectivity index (χ3n) is 7.91. The number of halogens is 1. The lowest BCUT2D eigenvalue weighted by atomic mass is 9.71. The van der Waals surface area contributed by atoms with Crippen LogP contribution in [0.15, 0.2) is 57.3 Å². The molecule has 8 heteroatoms. The van der Waals surface area contributed by atoms with E-state index in [-0.39, 0.29) is 24.1 Å². The minimum atomic E-state index is -0.445. The van der Waals surface area contributed by atoms with Gasteiger partial charge in [-0.2, -0.15) is 0 Å². The maximum absolute atomic E-state index is 13.3. The summed E-state index contributed by atoms with van der Waals surface area (Å²) in [5, 5.41) is 2.91. The van der Waals surface area contributed by atoms with Gasteiger partial charge in [0.25, 0.3) is 5.91 Å². The standard InChI is InChI=1S/C32H35BrN2O5/c1-5-39-27-16-20(15-21(33)32(27)40-17-28(38)34-22-13-12-18(2)14-19(22)3)29-30-23(8-6-10-25(30)36)35(4)24-9-7-11-26(37)31(24)29/h12-16,29H,5-11,17H2,1-4H3,(H,34,38). The molecule has 1 amide bonds. The number of hydrogen-bond acceptors (Lipinski definition) is 6. The van der Waals surface area contributed by atoms with Crippen molar-refractivity contribution in [3.05, 3.63) is 74.0 Å². The number of benzene rings is 2. The second-order valence-corrected chi connectivity index (χ2v) is 11.5. The molecule has 1 N–H and O–H groups in total. The molecule has 1 heterocycles. The average molecular weight is 608 g/mol. The highest BCUT2D eigenvalue weighted by molar-refractivity contribution is 9.10. The van der Waals surface area contributed by atoms with Gasteiger partial charge in [-0.1, -0.05) is 17.7 Å². The van der Waals surface area contributed by atoms with Crippen LogP contribution in [0.1, 0.15) is 68.1 Å². The number of nitrogens with zero attached hydrogens (tertiary/aromatic N) is 1. The summed E-state index contributed by atoms with van der Waals surface area (Å²) in [6.07, 6.45) is 4.23. The number of carbonyl (C=O) groups is 3. The molecule has 1 aliphatic heterocycles. The Morgan fingerprint density at radius 3 is 2.23 bits per heavy atom. The van der Waals surface area contributed by atoms with E-state index in [0.29, 0.717) is 35.4 Å². The summed E-state index contributed by atoms with van der Waals surface area (Å²) in [4.78, 5) is 41.5. The molecule has 3 aliphatic rings. The van der Waals surface area contributed by atoms with Crippen LogP contribution in [0.4, 0.5) is 5.69 Å². The summed E-state index contributed by atoms with van der Waals surface area (Å²) in [5.74, 6) is 0.328. The van der Waals surface area contributed by atoms with E-state index in [0.717, 1.165) is 70.6 Å². The lowest BCUT2D eigenvalue weighted by Gasteiger charge is -2.42. The highest BCUT2D eigenvalue weighted by Gasteiger charge is 2.42. The molecular formula is C32H35BrN2O5. The highest BCUT2D eigenvalue weighted by Crippen LogP contribution is 2.50. The van der Waals surface area contributed by atoms with Gasteiger partial charge in [-0.05, 0) is 91.7 Å². The molecule has 0 unspecified atom stereocenters. The van der Waals surface area contributed by atoms with Crippen LogP contribution in [-0.2, 0) is 14.4 Å². The van der Waals surface area contributed by atoms with Crippen LogP contribution in [-0.4, -0.2) is 42.6 Å². The molecular weight excluding hydrogens is 572 g/mol. The van der Waals surface area contributed by atoms with Crippen molar-refractivity contribution in [2.45, 2.75) is 65.2 Å². The van der Waals surface area contributed by atoms with E-state index in [1.807, 2.05) is 58.2 Å². The zero-order valence-electron chi connectivity index (χ0n) is 23.5. The number of ether oxygens (including phenoxy) is 2. The third-order valence-corrected chi connectivity index (χ3v) is 8.50. The van der Waals surface area contributed by atoms with E-state index >= 15 is 0 Å². The summed E-state index contributed by atoms with van der Waals surface area (Å²) in [7, 11) is 1.99. The summed E-state index contributed by atoms with van der Waals surface area (Å²) in [6.45, 7) is 6.01. The van der Waals surface area contributed by atoms with Crippen LogP contribution < -0.4 is 14.8 Å². The number of allylic oxidation sites excluding steroid dienone is 4. The molecule has 0 bridgehead atoms. The molecule has 0 fully saturated rings. The van der Waals surface area contributed by atoms with Crippen molar-refractivity contribution in [3.8, 4) is 11.5 Å². The Bertz CT molecular complexity index is 1410. The molecule has 5 rings (SSSR count). The van der Waals surface area contributed by atoms with Crippen molar-refractivity contribution in [2.24, 2.45) is 0 Å². The number of nitrogens with one attached hydrogen (secondary N) is 1. The first-order valence-electron chi connectivity index (χ1n) is 13.9. The van der Waals surface area contributed by atoms with Crippen molar-refractivity contribution in [3.63, 3.8) is 0 Å². The quantitative estimate of drug-likeness (QED) is 0.386. The van der Waals surface area contributed by atoms with E-state index in [1.54, 1.807) is 0 Å². The summed E-state index contributed by atoms with van der Waals surface area (Å²) < 4.78 is 12.6. The number of Topliss-reactive ketones (excluding diaryl/α,β-unsaturated/α-hetero) is 2. The first-order valence-corrected chi connectivity index (χ1v) is 14.7. The van der Waals surface area contributed by atoms with Gasteiger partial charge in [0.15, 0.2) is 29.7 Å². The Balaban J connectivity index is 1.49. The van der Waals surface area contributed by atoms with Crippen LogP contribution >= 0.6 is 15.9 Å². The summed E-state index contributed by atoms with van der Waals surface area (Å²) in [6, 6.07) is 9.60. The number of ketones is 2. The molecule has 0 radical (unpaired) electrons. The van der Waals surface area contributed by atoms with Crippen LogP contribution in [0, 0.1) is 13.8 Å². The number of amides is 1. The maximum atomic E-state index is 13.3.